The van der Waals surface area contributed by atoms with Crippen molar-refractivity contribution in [2.24, 2.45) is 23.7 Å². The van der Waals surface area contributed by atoms with E-state index in [1.165, 1.54) is 25.7 Å². The molecule has 0 N–H and O–H groups in total. The number of rotatable bonds is 6. The summed E-state index contributed by atoms with van der Waals surface area (Å²) in [6.07, 6.45) is 8.54. The van der Waals surface area contributed by atoms with Crippen LogP contribution < -0.4 is 0 Å². The highest BCUT2D eigenvalue weighted by molar-refractivity contribution is 5.77. The van der Waals surface area contributed by atoms with E-state index in [2.05, 4.69) is 34.9 Å². The second-order valence-corrected chi connectivity index (χ2v) is 10.5. The lowest BCUT2D eigenvalue weighted by atomic mass is 9.55. The fourth-order valence-corrected chi connectivity index (χ4v) is 6.67. The fourth-order valence-electron chi connectivity index (χ4n) is 6.67. The van der Waals surface area contributed by atoms with Crippen LogP contribution in [0.15, 0.2) is 0 Å². The minimum Gasteiger partial charge on any atom is -0.455 e. The number of carbonyl (C=O) groups excluding carboxylic acids is 1. The maximum Gasteiger partial charge on any atom is 0.315 e. The molecule has 2 saturated carbocycles. The zero-order valence-corrected chi connectivity index (χ0v) is 17.4. The lowest BCUT2D eigenvalue weighted by Gasteiger charge is -2.50. The van der Waals surface area contributed by atoms with Gasteiger partial charge in [0.15, 0.2) is 0 Å². The Balaban J connectivity index is 1.57. The molecule has 4 heteroatoms. The summed E-state index contributed by atoms with van der Waals surface area (Å²) >= 11 is 0. The van der Waals surface area contributed by atoms with Crippen LogP contribution in [0.5, 0.6) is 0 Å². The van der Waals surface area contributed by atoms with E-state index in [0.29, 0.717) is 17.8 Å². The molecule has 0 aromatic heterocycles. The molecule has 0 radical (unpaired) electrons. The fraction of sp³-hybridized carbons (Fsp3) is 0.955. The van der Waals surface area contributed by atoms with Crippen LogP contribution in [-0.4, -0.2) is 54.9 Å². The number of fused-ring (bicyclic) bond motifs is 1. The lowest BCUT2D eigenvalue weighted by Crippen LogP contribution is -2.59. The van der Waals surface area contributed by atoms with Crippen LogP contribution in [0.3, 0.4) is 0 Å². The van der Waals surface area contributed by atoms with Gasteiger partial charge in [-0.1, -0.05) is 20.3 Å². The molecule has 2 aliphatic carbocycles. The molecule has 4 aliphatic rings. The average molecular weight is 365 g/mol. The van der Waals surface area contributed by atoms with Gasteiger partial charge in [0.1, 0.15) is 17.6 Å². The summed E-state index contributed by atoms with van der Waals surface area (Å²) in [5, 5.41) is 0. The molecular weight excluding hydrogens is 326 g/mol. The van der Waals surface area contributed by atoms with E-state index in [4.69, 9.17) is 9.47 Å². The number of epoxide rings is 1. The molecular formula is C22H38NO3+. The first-order chi connectivity index (χ1) is 12.2. The second-order valence-electron chi connectivity index (χ2n) is 10.5. The summed E-state index contributed by atoms with van der Waals surface area (Å²) in [6, 6.07) is 0. The Labute approximate surface area is 159 Å². The molecule has 2 aliphatic heterocycles. The molecule has 2 saturated heterocycles. The zero-order valence-electron chi connectivity index (χ0n) is 17.4. The summed E-state index contributed by atoms with van der Waals surface area (Å²) in [4.78, 5) is 13.1. The van der Waals surface area contributed by atoms with Crippen molar-refractivity contribution in [2.75, 3.05) is 27.2 Å². The third kappa shape index (κ3) is 2.74. The van der Waals surface area contributed by atoms with Crippen molar-refractivity contribution in [3.8, 4) is 0 Å². The lowest BCUT2D eigenvalue weighted by molar-refractivity contribution is -0.893. The number of quaternary nitrogens is 1. The summed E-state index contributed by atoms with van der Waals surface area (Å²) < 4.78 is 13.5. The van der Waals surface area contributed by atoms with Gasteiger partial charge in [-0.3, -0.25) is 4.79 Å². The van der Waals surface area contributed by atoms with E-state index in [1.54, 1.807) is 0 Å². The minimum absolute atomic E-state index is 0.0352. The quantitative estimate of drug-likeness (QED) is 0.312. The Morgan fingerprint density at radius 2 is 1.92 bits per heavy atom. The van der Waals surface area contributed by atoms with Crippen molar-refractivity contribution < 1.29 is 18.8 Å². The first-order valence-corrected chi connectivity index (χ1v) is 11.0. The normalized spacial score (nSPS) is 47.0. The monoisotopic (exact) mass is 364 g/mol. The first-order valence-electron chi connectivity index (χ1n) is 11.0. The van der Waals surface area contributed by atoms with Gasteiger partial charge in [-0.2, -0.15) is 0 Å². The van der Waals surface area contributed by atoms with Gasteiger partial charge in [0.25, 0.3) is 0 Å². The van der Waals surface area contributed by atoms with E-state index >= 15 is 0 Å². The molecule has 0 bridgehead atoms. The highest BCUT2D eigenvalue weighted by Crippen LogP contribution is 2.66. The maximum atomic E-state index is 13.1. The Kier molecular flexibility index (Phi) is 4.47. The van der Waals surface area contributed by atoms with Crippen molar-refractivity contribution in [1.82, 2.24) is 0 Å². The molecule has 0 amide bonds. The molecule has 0 aromatic rings. The number of carbonyl (C=O) groups is 1. The van der Waals surface area contributed by atoms with Gasteiger partial charge in [-0.15, -0.1) is 0 Å². The van der Waals surface area contributed by atoms with Crippen molar-refractivity contribution in [1.29, 1.82) is 0 Å². The molecule has 1 spiro atoms. The number of nitrogens with zero attached hydrogens (tertiary/aromatic N) is 1. The number of esters is 1. The Bertz CT molecular complexity index is 576. The van der Waals surface area contributed by atoms with Crippen molar-refractivity contribution in [3.63, 3.8) is 0 Å². The minimum atomic E-state index is -0.324. The summed E-state index contributed by atoms with van der Waals surface area (Å²) in [6.45, 7) is 8.90. The molecule has 148 valence electrons. The molecule has 0 aromatic carbocycles. The van der Waals surface area contributed by atoms with Crippen molar-refractivity contribution in [3.05, 3.63) is 0 Å². The zero-order chi connectivity index (χ0) is 18.7. The Morgan fingerprint density at radius 3 is 2.65 bits per heavy atom. The van der Waals surface area contributed by atoms with Crippen LogP contribution >= 0.6 is 0 Å². The third-order valence-electron chi connectivity index (χ3n) is 8.15. The topological polar surface area (TPSA) is 38.8 Å². The van der Waals surface area contributed by atoms with Gasteiger partial charge in [-0.05, 0) is 51.4 Å². The summed E-state index contributed by atoms with van der Waals surface area (Å²) in [5.41, 5.74) is -0.359. The van der Waals surface area contributed by atoms with Crippen LogP contribution in [0, 0.1) is 23.7 Å². The molecule has 26 heavy (non-hydrogen) atoms. The SMILES string of the molecule is CCCCC[N+](C)(C)CC1C(=O)OC23C(CCC4(C)OC42)C(C)CCC13. The largest absolute Gasteiger partial charge is 0.455 e. The maximum absolute atomic E-state index is 13.1. The van der Waals surface area contributed by atoms with E-state index < -0.39 is 0 Å². The number of ether oxygens (including phenoxy) is 2. The molecule has 7 atom stereocenters. The number of unbranched alkanes of at least 4 members (excludes halogenated alkanes) is 2. The molecule has 2 heterocycles. The molecule has 7 unspecified atom stereocenters. The van der Waals surface area contributed by atoms with Crippen LogP contribution in [0.4, 0.5) is 0 Å². The predicted octanol–water partition coefficient (Wildman–Crippen LogP) is 3.78. The summed E-state index contributed by atoms with van der Waals surface area (Å²) in [7, 11) is 4.57. The van der Waals surface area contributed by atoms with Crippen LogP contribution in [0.1, 0.15) is 65.7 Å². The Hall–Kier alpha value is -0.610. The summed E-state index contributed by atoms with van der Waals surface area (Å²) in [5.74, 6) is 1.60. The van der Waals surface area contributed by atoms with E-state index in [9.17, 15) is 4.79 Å². The third-order valence-corrected chi connectivity index (χ3v) is 8.15. The van der Waals surface area contributed by atoms with Crippen LogP contribution in [0.25, 0.3) is 0 Å². The number of hydrogen-bond acceptors (Lipinski definition) is 3. The van der Waals surface area contributed by atoms with Gasteiger partial charge in [0.2, 0.25) is 0 Å². The van der Waals surface area contributed by atoms with Gasteiger partial charge in [-0.25, -0.2) is 0 Å². The van der Waals surface area contributed by atoms with Gasteiger partial charge in [0, 0.05) is 11.8 Å². The second kappa shape index (κ2) is 6.20. The van der Waals surface area contributed by atoms with Gasteiger partial charge >= 0.3 is 5.97 Å². The highest BCUT2D eigenvalue weighted by atomic mass is 16.7. The van der Waals surface area contributed by atoms with E-state index in [0.717, 1.165) is 36.8 Å². The molecule has 4 fully saturated rings. The van der Waals surface area contributed by atoms with Crippen molar-refractivity contribution >= 4 is 5.97 Å². The highest BCUT2D eigenvalue weighted by Gasteiger charge is 2.77. The van der Waals surface area contributed by atoms with E-state index in [-0.39, 0.29) is 29.2 Å². The molecule has 4 nitrogen and oxygen atoms in total. The van der Waals surface area contributed by atoms with Crippen molar-refractivity contribution in [2.45, 2.75) is 83.0 Å². The first kappa shape index (κ1) is 18.7. The van der Waals surface area contributed by atoms with Gasteiger partial charge < -0.3 is 14.0 Å². The van der Waals surface area contributed by atoms with E-state index in [1.807, 2.05) is 0 Å². The molecule has 4 rings (SSSR count). The van der Waals surface area contributed by atoms with Crippen LogP contribution in [0.2, 0.25) is 0 Å². The predicted molar refractivity (Wildman–Crippen MR) is 102 cm³/mol. The number of hydrogen-bond donors (Lipinski definition) is 0. The Morgan fingerprint density at radius 1 is 1.15 bits per heavy atom. The standard InChI is InChI=1S/C22H38NO3/c1-6-7-8-13-23(4,5)14-16-18-10-9-15(2)17-11-12-21(3)20(26-21)22(17,18)25-19(16)24/h15-18,20H,6-14H2,1-5H3/q+1. The van der Waals surface area contributed by atoms with Gasteiger partial charge in [0.05, 0.1) is 32.8 Å². The average Bonchev–Trinajstić information content (AvgIpc) is 3.19. The van der Waals surface area contributed by atoms with Crippen LogP contribution in [-0.2, 0) is 14.3 Å². The smallest absolute Gasteiger partial charge is 0.315 e.